The summed E-state index contributed by atoms with van der Waals surface area (Å²) in [5.74, 6) is 0.408. The van der Waals surface area contributed by atoms with Gasteiger partial charge in [-0.25, -0.2) is 4.98 Å². The second-order valence-electron chi connectivity index (χ2n) is 9.21. The largest absolute Gasteiger partial charge is 0.516 e. The Kier molecular flexibility index (Phi) is 7.75. The van der Waals surface area contributed by atoms with Gasteiger partial charge in [-0.2, -0.15) is 21.6 Å². The number of aromatic nitrogens is 1. The van der Waals surface area contributed by atoms with E-state index in [0.29, 0.717) is 33.3 Å². The molecule has 2 unspecified atom stereocenters. The van der Waals surface area contributed by atoms with Gasteiger partial charge in [0.2, 0.25) is 0 Å². The van der Waals surface area contributed by atoms with E-state index in [0.717, 1.165) is 17.0 Å². The lowest BCUT2D eigenvalue weighted by atomic mass is 9.88. The van der Waals surface area contributed by atoms with Crippen molar-refractivity contribution in [3.63, 3.8) is 0 Å². The van der Waals surface area contributed by atoms with Crippen LogP contribution in [0.25, 0.3) is 10.9 Å². The number of fused-ring (bicyclic) bond motifs is 2. The molecule has 2 heterocycles. The minimum absolute atomic E-state index is 0.104. The lowest BCUT2D eigenvalue weighted by Crippen LogP contribution is -2.30. The third-order valence-corrected chi connectivity index (χ3v) is 8.10. The summed E-state index contributed by atoms with van der Waals surface area (Å²) in [7, 11) is -5.60. The van der Waals surface area contributed by atoms with Gasteiger partial charge < -0.3 is 14.6 Å². The summed E-state index contributed by atoms with van der Waals surface area (Å²) in [6.07, 6.45) is -0.907. The second-order valence-corrected chi connectivity index (χ2v) is 11.7. The van der Waals surface area contributed by atoms with Gasteiger partial charge in [0.1, 0.15) is 18.1 Å². The van der Waals surface area contributed by atoms with Gasteiger partial charge in [-0.1, -0.05) is 35.3 Å². The maximum atomic E-state index is 12.8. The smallest absolute Gasteiger partial charge is 0.493 e. The van der Waals surface area contributed by atoms with Crippen molar-refractivity contribution in [3.05, 3.63) is 93.6 Å². The van der Waals surface area contributed by atoms with E-state index in [-0.39, 0.29) is 30.3 Å². The molecule has 0 amide bonds. The van der Waals surface area contributed by atoms with Crippen LogP contribution in [0.2, 0.25) is 10.0 Å². The fraction of sp³-hybridized carbons (Fsp3) is 0.222. The van der Waals surface area contributed by atoms with E-state index in [1.54, 1.807) is 30.3 Å². The number of nitrogens with one attached hydrogen (secondary N) is 1. The van der Waals surface area contributed by atoms with Crippen LogP contribution in [0, 0.1) is 5.92 Å². The van der Waals surface area contributed by atoms with Crippen molar-refractivity contribution in [2.24, 2.45) is 5.92 Å². The lowest BCUT2D eigenvalue weighted by Gasteiger charge is -2.31. The molecule has 1 aliphatic heterocycles. The molecular formula is C27H21Cl2F3N2O5S. The van der Waals surface area contributed by atoms with Gasteiger partial charge in [-0.05, 0) is 66.6 Å². The highest BCUT2D eigenvalue weighted by atomic mass is 35.5. The summed E-state index contributed by atoms with van der Waals surface area (Å²) >= 11 is 12.3. The number of anilines is 1. The minimum atomic E-state index is -5.60. The van der Waals surface area contributed by atoms with Crippen molar-refractivity contribution in [1.29, 1.82) is 0 Å². The first-order chi connectivity index (χ1) is 18.9. The van der Waals surface area contributed by atoms with E-state index in [9.17, 15) is 26.7 Å². The first-order valence-corrected chi connectivity index (χ1v) is 14.1. The van der Waals surface area contributed by atoms with Gasteiger partial charge in [-0.3, -0.25) is 4.72 Å². The summed E-state index contributed by atoms with van der Waals surface area (Å²) in [5, 5.41) is 12.8. The van der Waals surface area contributed by atoms with Crippen LogP contribution in [0.1, 0.15) is 22.9 Å². The molecule has 2 N–H and O–H groups in total. The summed E-state index contributed by atoms with van der Waals surface area (Å²) < 4.78 is 74.5. The van der Waals surface area contributed by atoms with Crippen molar-refractivity contribution in [2.75, 3.05) is 11.3 Å². The predicted octanol–water partition coefficient (Wildman–Crippen LogP) is 6.67. The fourth-order valence-electron chi connectivity index (χ4n) is 4.35. The number of rotatable bonds is 7. The number of pyridine rings is 1. The van der Waals surface area contributed by atoms with Gasteiger partial charge in [0.25, 0.3) is 0 Å². The highest BCUT2D eigenvalue weighted by Gasteiger charge is 2.46. The number of aliphatic hydroxyl groups is 1. The Morgan fingerprint density at radius 2 is 1.82 bits per heavy atom. The molecule has 0 bridgehead atoms. The fourth-order valence-corrected chi connectivity index (χ4v) is 5.27. The van der Waals surface area contributed by atoms with Crippen LogP contribution in [-0.4, -0.2) is 30.6 Å². The van der Waals surface area contributed by atoms with Crippen LogP contribution in [0.5, 0.6) is 11.5 Å². The normalized spacial score (nSPS) is 17.2. The van der Waals surface area contributed by atoms with Gasteiger partial charge >= 0.3 is 15.5 Å². The zero-order valence-electron chi connectivity index (χ0n) is 20.5. The minimum Gasteiger partial charge on any atom is -0.493 e. The average molecular weight is 613 g/mol. The molecule has 0 radical (unpaired) electrons. The highest BCUT2D eigenvalue weighted by molar-refractivity contribution is 7.93. The van der Waals surface area contributed by atoms with E-state index in [1.807, 2.05) is 18.2 Å². The number of sulfonamides is 1. The molecule has 0 saturated heterocycles. The molecular weight excluding hydrogens is 592 g/mol. The number of benzene rings is 3. The number of halogens is 5. The Labute approximate surface area is 237 Å². The Hall–Kier alpha value is -3.25. The topological polar surface area (TPSA) is 97.8 Å². The van der Waals surface area contributed by atoms with E-state index in [1.165, 1.54) is 16.9 Å². The Morgan fingerprint density at radius 1 is 1.05 bits per heavy atom. The lowest BCUT2D eigenvalue weighted by molar-refractivity contribution is -0.0429. The molecule has 1 aliphatic rings. The maximum Gasteiger partial charge on any atom is 0.516 e. The quantitative estimate of drug-likeness (QED) is 0.242. The zero-order chi connectivity index (χ0) is 28.7. The standard InChI is InChI=1S/C27H21Cl2F3N2O5S/c28-18-3-1-15-2-4-20(33-24(15)11-18)14-38-21-6-8-25-22(12-21)26(35)17(13-39-25)9-16-10-19(5-7-23(16)29)34-40(36,37)27(30,31)32/h1-8,10-12,17,26,34-35H,9,13-14H2. The molecule has 0 fully saturated rings. The molecule has 5 rings (SSSR count). The molecule has 13 heteroatoms. The van der Waals surface area contributed by atoms with Crippen LogP contribution in [0.15, 0.2) is 66.7 Å². The first kappa shape index (κ1) is 28.3. The molecule has 2 atom stereocenters. The zero-order valence-corrected chi connectivity index (χ0v) is 22.8. The molecule has 0 aliphatic carbocycles. The molecule has 7 nitrogen and oxygen atoms in total. The molecule has 40 heavy (non-hydrogen) atoms. The molecule has 1 aromatic heterocycles. The third-order valence-electron chi connectivity index (χ3n) is 6.38. The first-order valence-electron chi connectivity index (χ1n) is 11.9. The van der Waals surface area contributed by atoms with Crippen molar-refractivity contribution in [1.82, 2.24) is 4.98 Å². The van der Waals surface area contributed by atoms with Crippen molar-refractivity contribution >= 4 is 49.8 Å². The molecule has 0 spiro atoms. The van der Waals surface area contributed by atoms with Crippen LogP contribution >= 0.6 is 23.2 Å². The predicted molar refractivity (Wildman–Crippen MR) is 145 cm³/mol. The van der Waals surface area contributed by atoms with Gasteiger partial charge in [0.05, 0.1) is 23.9 Å². The Morgan fingerprint density at radius 3 is 2.60 bits per heavy atom. The number of alkyl halides is 3. The summed E-state index contributed by atoms with van der Waals surface area (Å²) in [6.45, 7) is 0.268. The van der Waals surface area contributed by atoms with Gasteiger partial charge in [0.15, 0.2) is 0 Å². The van der Waals surface area contributed by atoms with Gasteiger partial charge in [-0.15, -0.1) is 0 Å². The van der Waals surface area contributed by atoms with E-state index in [2.05, 4.69) is 4.98 Å². The van der Waals surface area contributed by atoms with Crippen LogP contribution in [0.3, 0.4) is 0 Å². The molecule has 4 aromatic rings. The maximum absolute atomic E-state index is 12.8. The Bertz CT molecular complexity index is 1690. The second kappa shape index (κ2) is 11.0. The number of ether oxygens (including phenoxy) is 2. The molecule has 3 aromatic carbocycles. The Balaban J connectivity index is 1.30. The van der Waals surface area contributed by atoms with Crippen molar-refractivity contribution in [3.8, 4) is 11.5 Å². The highest BCUT2D eigenvalue weighted by Crippen LogP contribution is 2.40. The van der Waals surface area contributed by atoms with E-state index in [4.69, 9.17) is 32.7 Å². The number of nitrogens with zero attached hydrogens (tertiary/aromatic N) is 1. The number of hydrogen-bond acceptors (Lipinski definition) is 6. The third kappa shape index (κ3) is 6.07. The van der Waals surface area contributed by atoms with E-state index < -0.39 is 27.6 Å². The summed E-state index contributed by atoms with van der Waals surface area (Å²) in [4.78, 5) is 4.56. The molecule has 210 valence electrons. The van der Waals surface area contributed by atoms with Crippen molar-refractivity contribution < 1.29 is 36.2 Å². The van der Waals surface area contributed by atoms with Crippen LogP contribution < -0.4 is 14.2 Å². The average Bonchev–Trinajstić information content (AvgIpc) is 2.90. The number of hydrogen-bond donors (Lipinski definition) is 2. The van der Waals surface area contributed by atoms with Crippen LogP contribution in [-0.2, 0) is 23.1 Å². The number of aliphatic hydroxyl groups excluding tert-OH is 1. The van der Waals surface area contributed by atoms with Crippen LogP contribution in [0.4, 0.5) is 18.9 Å². The van der Waals surface area contributed by atoms with Gasteiger partial charge in [0, 0.05) is 32.6 Å². The molecule has 0 saturated carbocycles. The monoisotopic (exact) mass is 612 g/mol. The van der Waals surface area contributed by atoms with Crippen molar-refractivity contribution in [2.45, 2.75) is 24.6 Å². The van der Waals surface area contributed by atoms with E-state index >= 15 is 0 Å². The summed E-state index contributed by atoms with van der Waals surface area (Å²) in [5.41, 5.74) is -3.55. The summed E-state index contributed by atoms with van der Waals surface area (Å²) in [6, 6.07) is 17.8. The SMILES string of the molecule is O=S(=O)(Nc1ccc(Cl)c(CC2COc3ccc(OCc4ccc5ccc(Cl)cc5n4)cc3C2O)c1)C(F)(F)F.